The first-order valence-corrected chi connectivity index (χ1v) is 9.97. The number of nitrogens with zero attached hydrogens (tertiary/aromatic N) is 4. The molecule has 3 aromatic rings. The van der Waals surface area contributed by atoms with E-state index in [0.29, 0.717) is 13.1 Å². The molecule has 6 nitrogen and oxygen atoms in total. The van der Waals surface area contributed by atoms with E-state index in [2.05, 4.69) is 16.8 Å². The van der Waals surface area contributed by atoms with Crippen LogP contribution in [0.5, 0.6) is 5.75 Å². The van der Waals surface area contributed by atoms with Crippen LogP contribution in [0, 0.1) is 20.8 Å². The van der Waals surface area contributed by atoms with Gasteiger partial charge in [0.05, 0.1) is 16.7 Å². The van der Waals surface area contributed by atoms with Crippen molar-refractivity contribution in [3.8, 4) is 5.75 Å². The number of piperazine rings is 1. The van der Waals surface area contributed by atoms with Gasteiger partial charge in [0.25, 0.3) is 5.91 Å². The first kappa shape index (κ1) is 19.2. The van der Waals surface area contributed by atoms with Crippen molar-refractivity contribution in [1.82, 2.24) is 14.9 Å². The molecule has 1 amide bonds. The first-order valence-electron chi connectivity index (χ1n) is 9.97. The van der Waals surface area contributed by atoms with Crippen LogP contribution in [0.4, 0.5) is 5.82 Å². The monoisotopic (exact) mass is 390 g/mol. The normalized spacial score (nSPS) is 14.3. The summed E-state index contributed by atoms with van der Waals surface area (Å²) in [6, 6.07) is 13.8. The molecule has 2 aromatic carbocycles. The summed E-state index contributed by atoms with van der Waals surface area (Å²) in [5.41, 5.74) is 5.10. The van der Waals surface area contributed by atoms with Gasteiger partial charge in [-0.15, -0.1) is 0 Å². The van der Waals surface area contributed by atoms with E-state index in [1.54, 1.807) is 0 Å². The lowest BCUT2D eigenvalue weighted by Crippen LogP contribution is -2.50. The minimum atomic E-state index is 0.0178. The van der Waals surface area contributed by atoms with Crippen molar-refractivity contribution in [2.45, 2.75) is 20.8 Å². The molecule has 150 valence electrons. The molecule has 1 fully saturated rings. The standard InChI is InChI=1S/C23H26N4O2/c1-16-8-9-19(14-17(16)2)29-15-22(28)26-10-12-27(13-11-26)23-18(3)24-20-6-4-5-7-21(20)25-23/h4-9,14H,10-13,15H2,1-3H3. The van der Waals surface area contributed by atoms with Crippen LogP contribution < -0.4 is 9.64 Å². The molecule has 2 heterocycles. The highest BCUT2D eigenvalue weighted by atomic mass is 16.5. The second kappa shape index (κ2) is 8.07. The lowest BCUT2D eigenvalue weighted by Gasteiger charge is -2.35. The van der Waals surface area contributed by atoms with Crippen molar-refractivity contribution in [3.05, 3.63) is 59.3 Å². The minimum Gasteiger partial charge on any atom is -0.484 e. The fraction of sp³-hybridized carbons (Fsp3) is 0.348. The van der Waals surface area contributed by atoms with Crippen LogP contribution in [0.3, 0.4) is 0 Å². The third kappa shape index (κ3) is 4.16. The van der Waals surface area contributed by atoms with Gasteiger partial charge in [0.1, 0.15) is 5.75 Å². The van der Waals surface area contributed by atoms with E-state index in [0.717, 1.165) is 46.9 Å². The van der Waals surface area contributed by atoms with Crippen LogP contribution >= 0.6 is 0 Å². The Labute approximate surface area is 171 Å². The Morgan fingerprint density at radius 3 is 2.31 bits per heavy atom. The zero-order valence-corrected chi connectivity index (χ0v) is 17.2. The summed E-state index contributed by atoms with van der Waals surface area (Å²) in [6.45, 7) is 8.95. The Hall–Kier alpha value is -3.15. The maximum Gasteiger partial charge on any atom is 0.260 e. The van der Waals surface area contributed by atoms with Gasteiger partial charge in [-0.3, -0.25) is 4.79 Å². The summed E-state index contributed by atoms with van der Waals surface area (Å²) in [5, 5.41) is 0. The number of hydrogen-bond donors (Lipinski definition) is 0. The van der Waals surface area contributed by atoms with Gasteiger partial charge in [0.15, 0.2) is 12.4 Å². The number of aryl methyl sites for hydroxylation is 3. The van der Waals surface area contributed by atoms with Gasteiger partial charge in [-0.1, -0.05) is 18.2 Å². The second-order valence-corrected chi connectivity index (χ2v) is 7.52. The van der Waals surface area contributed by atoms with Gasteiger partial charge < -0.3 is 14.5 Å². The summed E-state index contributed by atoms with van der Waals surface area (Å²) in [7, 11) is 0. The fourth-order valence-electron chi connectivity index (χ4n) is 3.59. The van der Waals surface area contributed by atoms with E-state index >= 15 is 0 Å². The number of hydrogen-bond acceptors (Lipinski definition) is 5. The minimum absolute atomic E-state index is 0.0178. The zero-order chi connectivity index (χ0) is 20.4. The highest BCUT2D eigenvalue weighted by Gasteiger charge is 2.23. The molecular weight excluding hydrogens is 364 g/mol. The van der Waals surface area contributed by atoms with Crippen LogP contribution in [0.25, 0.3) is 11.0 Å². The van der Waals surface area contributed by atoms with E-state index in [1.165, 1.54) is 5.56 Å². The number of carbonyl (C=O) groups excluding carboxylic acids is 1. The quantitative estimate of drug-likeness (QED) is 0.684. The van der Waals surface area contributed by atoms with E-state index in [9.17, 15) is 4.79 Å². The van der Waals surface area contributed by atoms with Crippen molar-refractivity contribution >= 4 is 22.8 Å². The summed E-state index contributed by atoms with van der Waals surface area (Å²) in [5.74, 6) is 1.66. The van der Waals surface area contributed by atoms with Crippen molar-refractivity contribution in [1.29, 1.82) is 0 Å². The molecule has 0 N–H and O–H groups in total. The number of aromatic nitrogens is 2. The van der Waals surface area contributed by atoms with Crippen molar-refractivity contribution < 1.29 is 9.53 Å². The number of para-hydroxylation sites is 2. The largest absolute Gasteiger partial charge is 0.484 e. The highest BCUT2D eigenvalue weighted by molar-refractivity contribution is 5.78. The molecule has 0 aliphatic carbocycles. The number of amides is 1. The SMILES string of the molecule is Cc1ccc(OCC(=O)N2CCN(c3nc4ccccc4nc3C)CC2)cc1C. The van der Waals surface area contributed by atoms with Gasteiger partial charge >= 0.3 is 0 Å². The predicted octanol–water partition coefficient (Wildman–Crippen LogP) is 3.28. The van der Waals surface area contributed by atoms with Crippen LogP contribution in [0.15, 0.2) is 42.5 Å². The van der Waals surface area contributed by atoms with Crippen molar-refractivity contribution in [3.63, 3.8) is 0 Å². The Morgan fingerprint density at radius 1 is 0.931 bits per heavy atom. The fourth-order valence-corrected chi connectivity index (χ4v) is 3.59. The summed E-state index contributed by atoms with van der Waals surface area (Å²) < 4.78 is 5.71. The molecule has 4 rings (SSSR count). The predicted molar refractivity (Wildman–Crippen MR) is 114 cm³/mol. The van der Waals surface area contributed by atoms with Crippen LogP contribution in [0.1, 0.15) is 16.8 Å². The first-order chi connectivity index (χ1) is 14.0. The van der Waals surface area contributed by atoms with Crippen molar-refractivity contribution in [2.75, 3.05) is 37.7 Å². The molecule has 6 heteroatoms. The van der Waals surface area contributed by atoms with E-state index < -0.39 is 0 Å². The zero-order valence-electron chi connectivity index (χ0n) is 17.2. The summed E-state index contributed by atoms with van der Waals surface area (Å²) in [4.78, 5) is 26.1. The smallest absolute Gasteiger partial charge is 0.260 e. The average Bonchev–Trinajstić information content (AvgIpc) is 2.74. The number of anilines is 1. The third-order valence-electron chi connectivity index (χ3n) is 5.49. The lowest BCUT2D eigenvalue weighted by atomic mass is 10.1. The Kier molecular flexibility index (Phi) is 5.34. The van der Waals surface area contributed by atoms with E-state index in [4.69, 9.17) is 9.72 Å². The number of ether oxygens (including phenoxy) is 1. The molecule has 0 unspecified atom stereocenters. The Bertz CT molecular complexity index is 1040. The summed E-state index contributed by atoms with van der Waals surface area (Å²) in [6.07, 6.45) is 0. The number of carbonyl (C=O) groups is 1. The topological polar surface area (TPSA) is 58.6 Å². The molecule has 0 spiro atoms. The third-order valence-corrected chi connectivity index (χ3v) is 5.49. The molecule has 0 radical (unpaired) electrons. The Morgan fingerprint density at radius 2 is 1.62 bits per heavy atom. The van der Waals surface area contributed by atoms with Crippen LogP contribution in [-0.2, 0) is 4.79 Å². The lowest BCUT2D eigenvalue weighted by molar-refractivity contribution is -0.133. The van der Waals surface area contributed by atoms with E-state index in [1.807, 2.05) is 61.2 Å². The molecule has 0 atom stereocenters. The van der Waals surface area contributed by atoms with Gasteiger partial charge in [0.2, 0.25) is 0 Å². The molecular formula is C23H26N4O2. The number of rotatable bonds is 4. The second-order valence-electron chi connectivity index (χ2n) is 7.52. The average molecular weight is 390 g/mol. The van der Waals surface area contributed by atoms with Crippen LogP contribution in [0.2, 0.25) is 0 Å². The summed E-state index contributed by atoms with van der Waals surface area (Å²) >= 11 is 0. The van der Waals surface area contributed by atoms with Gasteiger partial charge in [-0.25, -0.2) is 9.97 Å². The maximum atomic E-state index is 12.6. The highest BCUT2D eigenvalue weighted by Crippen LogP contribution is 2.21. The number of fused-ring (bicyclic) bond motifs is 1. The molecule has 29 heavy (non-hydrogen) atoms. The molecule has 1 aliphatic heterocycles. The molecule has 1 aliphatic rings. The number of benzene rings is 2. The van der Waals surface area contributed by atoms with Gasteiger partial charge in [-0.05, 0) is 56.2 Å². The Balaban J connectivity index is 1.36. The van der Waals surface area contributed by atoms with Gasteiger partial charge in [-0.2, -0.15) is 0 Å². The maximum absolute atomic E-state index is 12.6. The molecule has 1 aromatic heterocycles. The van der Waals surface area contributed by atoms with Crippen molar-refractivity contribution in [2.24, 2.45) is 0 Å². The molecule has 0 saturated carbocycles. The molecule has 1 saturated heterocycles. The molecule has 0 bridgehead atoms. The van der Waals surface area contributed by atoms with Crippen LogP contribution in [-0.4, -0.2) is 53.6 Å². The van der Waals surface area contributed by atoms with E-state index in [-0.39, 0.29) is 12.5 Å². The van der Waals surface area contributed by atoms with Gasteiger partial charge in [0, 0.05) is 26.2 Å².